The Labute approximate surface area is 119 Å². The van der Waals surface area contributed by atoms with Gasteiger partial charge in [-0.15, -0.1) is 11.3 Å². The predicted octanol–water partition coefficient (Wildman–Crippen LogP) is 2.68. The maximum absolute atomic E-state index is 11.9. The van der Waals surface area contributed by atoms with Gasteiger partial charge >= 0.3 is 0 Å². The van der Waals surface area contributed by atoms with Crippen LogP contribution in [0.5, 0.6) is 0 Å². The topological polar surface area (TPSA) is 55.1 Å². The van der Waals surface area contributed by atoms with Crippen LogP contribution < -0.4 is 11.1 Å². The van der Waals surface area contributed by atoms with Crippen molar-refractivity contribution < 1.29 is 4.79 Å². The summed E-state index contributed by atoms with van der Waals surface area (Å²) in [6.07, 6.45) is 4.66. The van der Waals surface area contributed by atoms with Gasteiger partial charge in [0, 0.05) is 6.54 Å². The molecule has 0 saturated carbocycles. The summed E-state index contributed by atoms with van der Waals surface area (Å²) in [4.78, 5) is 13.6. The molecule has 1 heterocycles. The molecule has 1 rings (SSSR count). The number of nitrogens with two attached hydrogens (primary N) is 1. The molecule has 0 fully saturated rings. The summed E-state index contributed by atoms with van der Waals surface area (Å²) < 4.78 is 0. The largest absolute Gasteiger partial charge is 0.351 e. The highest BCUT2D eigenvalue weighted by atomic mass is 32.1. The van der Waals surface area contributed by atoms with Crippen molar-refractivity contribution in [1.29, 1.82) is 0 Å². The molecule has 0 aliphatic heterocycles. The number of hydrogen-bond acceptors (Lipinski definition) is 3. The molecule has 3 nitrogen and oxygen atoms in total. The lowest BCUT2D eigenvalue weighted by atomic mass is 10.2. The van der Waals surface area contributed by atoms with Gasteiger partial charge in [-0.2, -0.15) is 0 Å². The Bertz CT molecular complexity index is 468. The second-order valence-electron chi connectivity index (χ2n) is 4.45. The van der Waals surface area contributed by atoms with E-state index in [9.17, 15) is 4.79 Å². The van der Waals surface area contributed by atoms with Gasteiger partial charge in [0.25, 0.3) is 5.91 Å². The first-order valence-electron chi connectivity index (χ1n) is 6.76. The molecule has 0 aliphatic rings. The van der Waals surface area contributed by atoms with E-state index in [1.165, 1.54) is 30.6 Å². The summed E-state index contributed by atoms with van der Waals surface area (Å²) in [5, 5.41) is 2.95. The molecule has 1 aromatic heterocycles. The van der Waals surface area contributed by atoms with E-state index in [4.69, 9.17) is 5.73 Å². The molecule has 0 atom stereocenters. The Morgan fingerprint density at radius 2 is 2.21 bits per heavy atom. The normalized spacial score (nSPS) is 9.84. The van der Waals surface area contributed by atoms with E-state index in [1.807, 2.05) is 13.0 Å². The molecule has 104 valence electrons. The third kappa shape index (κ3) is 5.46. The van der Waals surface area contributed by atoms with Crippen molar-refractivity contribution in [3.05, 3.63) is 21.4 Å². The number of amides is 1. The average Bonchev–Trinajstić information content (AvgIpc) is 2.77. The van der Waals surface area contributed by atoms with Gasteiger partial charge in [-0.25, -0.2) is 0 Å². The SMILES string of the molecule is CCCCCCNC(=O)c1cc(C)c(C#CCN)s1. The molecular formula is C15H22N2OS. The highest BCUT2D eigenvalue weighted by Gasteiger charge is 2.10. The van der Waals surface area contributed by atoms with E-state index < -0.39 is 0 Å². The van der Waals surface area contributed by atoms with Crippen LogP contribution in [0.15, 0.2) is 6.07 Å². The zero-order valence-electron chi connectivity index (χ0n) is 11.7. The summed E-state index contributed by atoms with van der Waals surface area (Å²) in [5.74, 6) is 5.82. The third-order valence-electron chi connectivity index (χ3n) is 2.76. The highest BCUT2D eigenvalue weighted by molar-refractivity contribution is 7.14. The summed E-state index contributed by atoms with van der Waals surface area (Å²) in [5.41, 5.74) is 6.39. The fourth-order valence-electron chi connectivity index (χ4n) is 1.69. The van der Waals surface area contributed by atoms with E-state index >= 15 is 0 Å². The van der Waals surface area contributed by atoms with Crippen LogP contribution in [0.1, 0.15) is 52.7 Å². The van der Waals surface area contributed by atoms with E-state index in [0.717, 1.165) is 28.3 Å². The molecule has 19 heavy (non-hydrogen) atoms. The highest BCUT2D eigenvalue weighted by Crippen LogP contribution is 2.20. The zero-order chi connectivity index (χ0) is 14.1. The lowest BCUT2D eigenvalue weighted by molar-refractivity contribution is 0.0957. The molecule has 3 N–H and O–H groups in total. The third-order valence-corrected chi connectivity index (χ3v) is 3.91. The number of rotatable bonds is 6. The number of thiophene rings is 1. The summed E-state index contributed by atoms with van der Waals surface area (Å²) >= 11 is 1.43. The van der Waals surface area contributed by atoms with Gasteiger partial charge in [-0.3, -0.25) is 4.79 Å². The van der Waals surface area contributed by atoms with Crippen LogP contribution in [0.3, 0.4) is 0 Å². The molecule has 1 aromatic rings. The average molecular weight is 278 g/mol. The van der Waals surface area contributed by atoms with Crippen LogP contribution in [0.25, 0.3) is 0 Å². The molecule has 1 amide bonds. The van der Waals surface area contributed by atoms with Crippen LogP contribution in [-0.4, -0.2) is 19.0 Å². The Kier molecular flexibility index (Phi) is 7.24. The van der Waals surface area contributed by atoms with Gasteiger partial charge in [0.05, 0.1) is 16.3 Å². The zero-order valence-corrected chi connectivity index (χ0v) is 12.5. The van der Waals surface area contributed by atoms with Crippen molar-refractivity contribution in [3.63, 3.8) is 0 Å². The van der Waals surface area contributed by atoms with Gasteiger partial charge < -0.3 is 11.1 Å². The smallest absolute Gasteiger partial charge is 0.261 e. The first-order valence-corrected chi connectivity index (χ1v) is 7.58. The number of aryl methyl sites for hydroxylation is 1. The number of hydrogen-bond donors (Lipinski definition) is 2. The summed E-state index contributed by atoms with van der Waals surface area (Å²) in [7, 11) is 0. The Morgan fingerprint density at radius 3 is 2.89 bits per heavy atom. The van der Waals surface area contributed by atoms with Crippen molar-refractivity contribution in [2.24, 2.45) is 5.73 Å². The van der Waals surface area contributed by atoms with E-state index in [-0.39, 0.29) is 5.91 Å². The first-order chi connectivity index (χ1) is 9.19. The Morgan fingerprint density at radius 1 is 1.42 bits per heavy atom. The van der Waals surface area contributed by atoms with Crippen LogP contribution in [0, 0.1) is 18.8 Å². The van der Waals surface area contributed by atoms with Gasteiger partial charge in [0.1, 0.15) is 0 Å². The summed E-state index contributed by atoms with van der Waals surface area (Å²) in [6, 6.07) is 1.90. The minimum absolute atomic E-state index is 0.00500. The first kappa shape index (κ1) is 15.7. The van der Waals surface area contributed by atoms with Crippen LogP contribution in [0.2, 0.25) is 0 Å². The molecule has 4 heteroatoms. The van der Waals surface area contributed by atoms with Crippen molar-refractivity contribution in [2.45, 2.75) is 39.5 Å². The van der Waals surface area contributed by atoms with Crippen molar-refractivity contribution in [3.8, 4) is 11.8 Å². The molecular weight excluding hydrogens is 256 g/mol. The van der Waals surface area contributed by atoms with Gasteiger partial charge in [0.2, 0.25) is 0 Å². The van der Waals surface area contributed by atoms with Crippen molar-refractivity contribution in [1.82, 2.24) is 5.32 Å². The van der Waals surface area contributed by atoms with Crippen molar-refractivity contribution in [2.75, 3.05) is 13.1 Å². The van der Waals surface area contributed by atoms with Gasteiger partial charge in [0.15, 0.2) is 0 Å². The molecule has 0 spiro atoms. The number of carbonyl (C=O) groups excluding carboxylic acids is 1. The maximum atomic E-state index is 11.9. The lowest BCUT2D eigenvalue weighted by Gasteiger charge is -2.02. The number of nitrogens with one attached hydrogen (secondary N) is 1. The molecule has 0 unspecified atom stereocenters. The summed E-state index contributed by atoms with van der Waals surface area (Å²) in [6.45, 7) is 5.24. The van der Waals surface area contributed by atoms with Crippen LogP contribution >= 0.6 is 11.3 Å². The van der Waals surface area contributed by atoms with Crippen LogP contribution in [-0.2, 0) is 0 Å². The molecule has 0 saturated heterocycles. The standard InChI is InChI=1S/C15H22N2OS/c1-3-4-5-6-10-17-15(18)14-11-12(2)13(19-14)8-7-9-16/h11H,3-6,9-10,16H2,1-2H3,(H,17,18). The second kappa shape index (κ2) is 8.73. The quantitative estimate of drug-likeness (QED) is 0.621. The Hall–Kier alpha value is -1.31. The fraction of sp³-hybridized carbons (Fsp3) is 0.533. The van der Waals surface area contributed by atoms with E-state index in [2.05, 4.69) is 24.1 Å². The number of unbranched alkanes of at least 4 members (excludes halogenated alkanes) is 3. The van der Waals surface area contributed by atoms with Gasteiger partial charge in [-0.1, -0.05) is 38.0 Å². The molecule has 0 bridgehead atoms. The minimum atomic E-state index is 0.00500. The maximum Gasteiger partial charge on any atom is 0.261 e. The molecule has 0 radical (unpaired) electrons. The number of carbonyl (C=O) groups is 1. The molecule has 0 aliphatic carbocycles. The predicted molar refractivity (Wildman–Crippen MR) is 81.5 cm³/mol. The fourth-order valence-corrected chi connectivity index (χ4v) is 2.65. The molecule has 0 aromatic carbocycles. The van der Waals surface area contributed by atoms with E-state index in [1.54, 1.807) is 0 Å². The van der Waals surface area contributed by atoms with Crippen molar-refractivity contribution >= 4 is 17.2 Å². The second-order valence-corrected chi connectivity index (χ2v) is 5.50. The lowest BCUT2D eigenvalue weighted by Crippen LogP contribution is -2.23. The monoisotopic (exact) mass is 278 g/mol. The van der Waals surface area contributed by atoms with Crippen LogP contribution in [0.4, 0.5) is 0 Å². The van der Waals surface area contributed by atoms with E-state index in [0.29, 0.717) is 6.54 Å². The Balaban J connectivity index is 2.48. The minimum Gasteiger partial charge on any atom is -0.351 e. The van der Waals surface area contributed by atoms with Gasteiger partial charge in [-0.05, 0) is 25.0 Å².